The van der Waals surface area contributed by atoms with E-state index in [1.54, 1.807) is 0 Å². The molecule has 0 radical (unpaired) electrons. The molecule has 5 nitrogen and oxygen atoms in total. The van der Waals surface area contributed by atoms with E-state index >= 15 is 0 Å². The first-order valence-corrected chi connectivity index (χ1v) is 6.25. The minimum atomic E-state index is -1.22. The molecule has 0 bridgehead atoms. The van der Waals surface area contributed by atoms with Gasteiger partial charge in [-0.05, 0) is 5.56 Å². The van der Waals surface area contributed by atoms with Gasteiger partial charge in [-0.15, -0.1) is 0 Å². The highest BCUT2D eigenvalue weighted by molar-refractivity contribution is 5.89. The number of carbonyl (C=O) groups is 2. The van der Waals surface area contributed by atoms with Gasteiger partial charge in [0.2, 0.25) is 5.60 Å². The molecule has 5 heteroatoms. The van der Waals surface area contributed by atoms with Crippen molar-refractivity contribution in [2.45, 2.75) is 31.2 Å². The molecule has 2 atom stereocenters. The lowest BCUT2D eigenvalue weighted by molar-refractivity contribution is -0.171. The number of esters is 2. The van der Waals surface area contributed by atoms with Crippen LogP contribution in [0, 0.1) is 0 Å². The monoisotopic (exact) mass is 262 g/mol. The lowest BCUT2D eigenvalue weighted by Crippen LogP contribution is -2.45. The van der Waals surface area contributed by atoms with Crippen LogP contribution in [0.2, 0.25) is 0 Å². The smallest absolute Gasteiger partial charge is 0.353 e. The normalized spacial score (nSPS) is 29.6. The topological polar surface area (TPSA) is 61.8 Å². The summed E-state index contributed by atoms with van der Waals surface area (Å²) in [5.41, 5.74) is -0.227. The second kappa shape index (κ2) is 4.66. The van der Waals surface area contributed by atoms with E-state index in [2.05, 4.69) is 0 Å². The van der Waals surface area contributed by atoms with Crippen molar-refractivity contribution < 1.29 is 23.8 Å². The first-order valence-electron chi connectivity index (χ1n) is 6.25. The molecular weight excluding hydrogens is 248 g/mol. The molecular formula is C14H14O5. The summed E-state index contributed by atoms with van der Waals surface area (Å²) >= 11 is 0. The van der Waals surface area contributed by atoms with Crippen molar-refractivity contribution in [1.29, 1.82) is 0 Å². The van der Waals surface area contributed by atoms with Crippen LogP contribution in [0.15, 0.2) is 30.3 Å². The van der Waals surface area contributed by atoms with E-state index in [0.717, 1.165) is 5.56 Å². The van der Waals surface area contributed by atoms with Crippen LogP contribution in [0.5, 0.6) is 0 Å². The Kier molecular flexibility index (Phi) is 2.98. The van der Waals surface area contributed by atoms with Crippen molar-refractivity contribution in [2.24, 2.45) is 0 Å². The molecule has 0 saturated carbocycles. The van der Waals surface area contributed by atoms with Crippen molar-refractivity contribution in [3.05, 3.63) is 35.9 Å². The zero-order valence-corrected chi connectivity index (χ0v) is 10.3. The number of cyclic esters (lactones) is 1. The van der Waals surface area contributed by atoms with Crippen LogP contribution < -0.4 is 0 Å². The third-order valence-electron chi connectivity index (χ3n) is 3.51. The van der Waals surface area contributed by atoms with Gasteiger partial charge in [-0.25, -0.2) is 4.79 Å². The molecule has 2 saturated heterocycles. The van der Waals surface area contributed by atoms with Crippen LogP contribution in [0.25, 0.3) is 0 Å². The van der Waals surface area contributed by atoms with Gasteiger partial charge in [-0.1, -0.05) is 30.3 Å². The summed E-state index contributed by atoms with van der Waals surface area (Å²) in [7, 11) is 0. The van der Waals surface area contributed by atoms with Gasteiger partial charge in [0.05, 0.1) is 19.6 Å². The van der Waals surface area contributed by atoms with Crippen molar-refractivity contribution in [1.82, 2.24) is 0 Å². The Bertz CT molecular complexity index is 498. The van der Waals surface area contributed by atoms with E-state index in [-0.39, 0.29) is 13.0 Å². The number of benzene rings is 1. The molecule has 1 aromatic rings. The molecule has 1 spiro atoms. The Balaban J connectivity index is 1.72. The maximum Gasteiger partial charge on any atom is 0.353 e. The van der Waals surface area contributed by atoms with E-state index in [4.69, 9.17) is 14.2 Å². The minimum Gasteiger partial charge on any atom is -0.462 e. The van der Waals surface area contributed by atoms with Gasteiger partial charge in [0, 0.05) is 6.42 Å². The molecule has 19 heavy (non-hydrogen) atoms. The zero-order chi connectivity index (χ0) is 13.3. The highest BCUT2D eigenvalue weighted by Gasteiger charge is 2.60. The van der Waals surface area contributed by atoms with Crippen molar-refractivity contribution in [3.8, 4) is 0 Å². The Morgan fingerprint density at radius 3 is 2.74 bits per heavy atom. The molecule has 0 unspecified atom stereocenters. The quantitative estimate of drug-likeness (QED) is 0.766. The molecule has 0 aromatic heterocycles. The lowest BCUT2D eigenvalue weighted by Gasteiger charge is -2.24. The van der Waals surface area contributed by atoms with Gasteiger partial charge in [0.15, 0.2) is 0 Å². The van der Waals surface area contributed by atoms with Gasteiger partial charge < -0.3 is 14.2 Å². The molecule has 2 aliphatic rings. The second-order valence-electron chi connectivity index (χ2n) is 4.74. The minimum absolute atomic E-state index is 0.0991. The van der Waals surface area contributed by atoms with E-state index in [1.807, 2.05) is 30.3 Å². The summed E-state index contributed by atoms with van der Waals surface area (Å²) in [6.07, 6.45) is -0.0888. The average molecular weight is 262 g/mol. The van der Waals surface area contributed by atoms with Crippen LogP contribution in [0.4, 0.5) is 0 Å². The van der Waals surface area contributed by atoms with E-state index < -0.39 is 23.6 Å². The van der Waals surface area contributed by atoms with Crippen LogP contribution in [-0.4, -0.2) is 30.3 Å². The number of carbonyl (C=O) groups excluding carboxylic acids is 2. The average Bonchev–Trinajstić information content (AvgIpc) is 2.93. The summed E-state index contributed by atoms with van der Waals surface area (Å²) in [6, 6.07) is 9.60. The fraction of sp³-hybridized carbons (Fsp3) is 0.429. The fourth-order valence-corrected chi connectivity index (χ4v) is 2.50. The summed E-state index contributed by atoms with van der Waals surface area (Å²) in [5.74, 6) is -0.895. The Labute approximate surface area is 110 Å². The second-order valence-corrected chi connectivity index (χ2v) is 4.74. The van der Waals surface area contributed by atoms with Crippen LogP contribution in [-0.2, 0) is 30.4 Å². The molecule has 2 aliphatic heterocycles. The highest BCUT2D eigenvalue weighted by atomic mass is 16.6. The number of rotatable bonds is 3. The SMILES string of the molecule is O=C1C[C@H](OCc2ccccc2)[C@]2(CCOC2=O)O1. The van der Waals surface area contributed by atoms with E-state index in [9.17, 15) is 9.59 Å². The lowest BCUT2D eigenvalue weighted by atomic mass is 9.95. The Morgan fingerprint density at radius 1 is 1.26 bits per heavy atom. The predicted molar refractivity (Wildman–Crippen MR) is 64.0 cm³/mol. The number of ether oxygens (including phenoxy) is 3. The predicted octanol–water partition coefficient (Wildman–Crippen LogP) is 1.20. The summed E-state index contributed by atoms with van der Waals surface area (Å²) < 4.78 is 15.8. The Morgan fingerprint density at radius 2 is 2.05 bits per heavy atom. The summed E-state index contributed by atoms with van der Waals surface area (Å²) in [4.78, 5) is 23.2. The highest BCUT2D eigenvalue weighted by Crippen LogP contribution is 2.38. The van der Waals surface area contributed by atoms with Crippen LogP contribution in [0.3, 0.4) is 0 Å². The van der Waals surface area contributed by atoms with Crippen molar-refractivity contribution in [2.75, 3.05) is 6.61 Å². The molecule has 1 aromatic carbocycles. The first-order chi connectivity index (χ1) is 9.21. The molecule has 0 amide bonds. The van der Waals surface area contributed by atoms with E-state index in [1.165, 1.54) is 0 Å². The van der Waals surface area contributed by atoms with Crippen molar-refractivity contribution >= 4 is 11.9 Å². The third-order valence-corrected chi connectivity index (χ3v) is 3.51. The van der Waals surface area contributed by atoms with Gasteiger partial charge in [-0.3, -0.25) is 4.79 Å². The summed E-state index contributed by atoms with van der Waals surface area (Å²) in [5, 5.41) is 0. The maximum absolute atomic E-state index is 11.8. The summed E-state index contributed by atoms with van der Waals surface area (Å²) in [6.45, 7) is 0.620. The molecule has 100 valence electrons. The molecule has 2 heterocycles. The molecule has 2 fully saturated rings. The first kappa shape index (κ1) is 12.2. The molecule has 3 rings (SSSR count). The maximum atomic E-state index is 11.8. The number of hydrogen-bond donors (Lipinski definition) is 0. The van der Waals surface area contributed by atoms with Crippen LogP contribution >= 0.6 is 0 Å². The van der Waals surface area contributed by atoms with Gasteiger partial charge in [-0.2, -0.15) is 0 Å². The Hall–Kier alpha value is -1.88. The molecule has 0 aliphatic carbocycles. The van der Waals surface area contributed by atoms with Crippen LogP contribution in [0.1, 0.15) is 18.4 Å². The standard InChI is InChI=1S/C14H14O5/c15-12-8-11(14(19-12)6-7-17-13(14)16)18-9-10-4-2-1-3-5-10/h1-5,11H,6-9H2/t11-,14-/m0/s1. The fourth-order valence-electron chi connectivity index (χ4n) is 2.50. The number of hydrogen-bond acceptors (Lipinski definition) is 5. The third kappa shape index (κ3) is 2.10. The molecule has 0 N–H and O–H groups in total. The van der Waals surface area contributed by atoms with E-state index in [0.29, 0.717) is 13.0 Å². The largest absolute Gasteiger partial charge is 0.462 e. The zero-order valence-electron chi connectivity index (χ0n) is 10.3. The van der Waals surface area contributed by atoms with Gasteiger partial charge >= 0.3 is 11.9 Å². The van der Waals surface area contributed by atoms with Gasteiger partial charge in [0.25, 0.3) is 0 Å². The van der Waals surface area contributed by atoms with Crippen molar-refractivity contribution in [3.63, 3.8) is 0 Å². The van der Waals surface area contributed by atoms with Gasteiger partial charge in [0.1, 0.15) is 6.10 Å².